The second-order valence-electron chi connectivity index (χ2n) is 4.40. The van der Waals surface area contributed by atoms with Crippen LogP contribution in [0.1, 0.15) is 5.56 Å². The number of methoxy groups -OCH3 is 1. The molecule has 1 heterocycles. The van der Waals surface area contributed by atoms with Crippen molar-refractivity contribution in [2.24, 2.45) is 0 Å². The van der Waals surface area contributed by atoms with Crippen molar-refractivity contribution in [2.75, 3.05) is 24.8 Å². The van der Waals surface area contributed by atoms with Crippen LogP contribution >= 0.6 is 11.6 Å². The smallest absolute Gasteiger partial charge is 0.334 e. The Bertz CT molecular complexity index is 677. The summed E-state index contributed by atoms with van der Waals surface area (Å²) in [4.78, 5) is 14.7. The number of hydrogen-bond donors (Lipinski definition) is 2. The number of ether oxygens (including phenoxy) is 1. The van der Waals surface area contributed by atoms with Crippen LogP contribution in [-0.4, -0.2) is 24.1 Å². The number of nitrogens with one attached hydrogen (secondary N) is 2. The van der Waals surface area contributed by atoms with E-state index in [1.807, 2.05) is 24.3 Å². The lowest BCUT2D eigenvalue weighted by atomic mass is 10.2. The second kappa shape index (κ2) is 6.95. The van der Waals surface area contributed by atoms with Crippen LogP contribution < -0.4 is 15.4 Å². The van der Waals surface area contributed by atoms with E-state index in [-0.39, 0.29) is 16.7 Å². The molecule has 1 aromatic carbocycles. The van der Waals surface area contributed by atoms with E-state index in [1.165, 1.54) is 6.07 Å². The summed E-state index contributed by atoms with van der Waals surface area (Å²) in [7, 11) is 3.18. The first-order chi connectivity index (χ1) is 10.5. The third kappa shape index (κ3) is 3.56. The first kappa shape index (κ1) is 15.8. The van der Waals surface area contributed by atoms with Gasteiger partial charge in [0.25, 0.3) is 0 Å². The predicted molar refractivity (Wildman–Crippen MR) is 85.8 cm³/mol. The summed E-state index contributed by atoms with van der Waals surface area (Å²) in [5.74, 6) is 0.866. The van der Waals surface area contributed by atoms with Gasteiger partial charge in [-0.3, -0.25) is 10.1 Å². The zero-order valence-corrected chi connectivity index (χ0v) is 12.8. The Hall–Kier alpha value is -2.54. The molecule has 22 heavy (non-hydrogen) atoms. The molecule has 0 aliphatic heterocycles. The predicted octanol–water partition coefficient (Wildman–Crippen LogP) is 3.31. The summed E-state index contributed by atoms with van der Waals surface area (Å²) in [5, 5.41) is 17.1. The van der Waals surface area contributed by atoms with Crippen molar-refractivity contribution in [3.63, 3.8) is 0 Å². The molecule has 8 heteroatoms. The SMILES string of the molecule is CNc1cc(Cl)nc(NCc2ccc(OC)cc2)c1[N+](=O)[O-]. The normalized spacial score (nSPS) is 10.1. The molecule has 0 atom stereocenters. The van der Waals surface area contributed by atoms with Gasteiger partial charge in [0.1, 0.15) is 16.6 Å². The van der Waals surface area contributed by atoms with E-state index in [1.54, 1.807) is 14.2 Å². The molecule has 0 spiro atoms. The maximum Gasteiger partial charge on any atom is 0.334 e. The largest absolute Gasteiger partial charge is 0.497 e. The van der Waals surface area contributed by atoms with Crippen LogP contribution in [0, 0.1) is 10.1 Å². The third-order valence-electron chi connectivity index (χ3n) is 3.03. The summed E-state index contributed by atoms with van der Waals surface area (Å²) in [5.41, 5.74) is 1.10. The molecule has 2 N–H and O–H groups in total. The summed E-state index contributed by atoms with van der Waals surface area (Å²) >= 11 is 5.90. The Morgan fingerprint density at radius 2 is 2.05 bits per heavy atom. The summed E-state index contributed by atoms with van der Waals surface area (Å²) in [6.45, 7) is 0.376. The first-order valence-corrected chi connectivity index (χ1v) is 6.82. The van der Waals surface area contributed by atoms with Gasteiger partial charge in [0.2, 0.25) is 5.82 Å². The highest BCUT2D eigenvalue weighted by atomic mass is 35.5. The summed E-state index contributed by atoms with van der Waals surface area (Å²) in [6.07, 6.45) is 0. The fourth-order valence-corrected chi connectivity index (χ4v) is 2.13. The van der Waals surface area contributed by atoms with Gasteiger partial charge in [-0.15, -0.1) is 0 Å². The molecule has 0 radical (unpaired) electrons. The Labute approximate surface area is 132 Å². The third-order valence-corrected chi connectivity index (χ3v) is 3.23. The average Bonchev–Trinajstić information content (AvgIpc) is 2.52. The molecular weight excluding hydrogens is 308 g/mol. The number of halogens is 1. The molecule has 0 bridgehead atoms. The van der Waals surface area contributed by atoms with Gasteiger partial charge < -0.3 is 15.4 Å². The van der Waals surface area contributed by atoms with Crippen molar-refractivity contribution in [3.05, 3.63) is 51.2 Å². The number of benzene rings is 1. The van der Waals surface area contributed by atoms with Crippen molar-refractivity contribution in [1.29, 1.82) is 0 Å². The van der Waals surface area contributed by atoms with Crippen LogP contribution in [-0.2, 0) is 6.54 Å². The van der Waals surface area contributed by atoms with Crippen LogP contribution in [0.4, 0.5) is 17.2 Å². The molecule has 2 aromatic rings. The molecule has 0 aliphatic rings. The van der Waals surface area contributed by atoms with Crippen molar-refractivity contribution in [2.45, 2.75) is 6.54 Å². The highest BCUT2D eigenvalue weighted by Crippen LogP contribution is 2.33. The highest BCUT2D eigenvalue weighted by molar-refractivity contribution is 6.30. The standard InChI is InChI=1S/C14H15ClN4O3/c1-16-11-7-12(15)18-14(13(11)19(20)21)17-8-9-3-5-10(22-2)6-4-9/h3-7H,8H2,1-2H3,(H2,16,17,18). The van der Waals surface area contributed by atoms with E-state index in [0.29, 0.717) is 12.2 Å². The van der Waals surface area contributed by atoms with Crippen LogP contribution in [0.3, 0.4) is 0 Å². The lowest BCUT2D eigenvalue weighted by Gasteiger charge is -2.10. The zero-order chi connectivity index (χ0) is 16.1. The molecule has 0 saturated carbocycles. The molecule has 1 aromatic heterocycles. The van der Waals surface area contributed by atoms with Crippen LogP contribution in [0.5, 0.6) is 5.75 Å². The number of hydrogen-bond acceptors (Lipinski definition) is 6. The first-order valence-electron chi connectivity index (χ1n) is 6.44. The minimum absolute atomic E-state index is 0.123. The van der Waals surface area contributed by atoms with Crippen molar-refractivity contribution < 1.29 is 9.66 Å². The number of aromatic nitrogens is 1. The Balaban J connectivity index is 2.24. The van der Waals surface area contributed by atoms with Gasteiger partial charge in [0, 0.05) is 19.7 Å². The maximum atomic E-state index is 11.2. The van der Waals surface area contributed by atoms with E-state index < -0.39 is 4.92 Å². The number of pyridine rings is 1. The van der Waals surface area contributed by atoms with E-state index >= 15 is 0 Å². The van der Waals surface area contributed by atoms with E-state index in [2.05, 4.69) is 15.6 Å². The molecular formula is C14H15ClN4O3. The molecule has 116 valence electrons. The van der Waals surface area contributed by atoms with E-state index in [4.69, 9.17) is 16.3 Å². The van der Waals surface area contributed by atoms with Gasteiger partial charge in [-0.1, -0.05) is 23.7 Å². The second-order valence-corrected chi connectivity index (χ2v) is 4.79. The van der Waals surface area contributed by atoms with Crippen molar-refractivity contribution in [1.82, 2.24) is 4.98 Å². The van der Waals surface area contributed by atoms with Gasteiger partial charge in [0.05, 0.1) is 12.0 Å². The molecule has 0 aliphatic carbocycles. The molecule has 0 fully saturated rings. The lowest BCUT2D eigenvalue weighted by Crippen LogP contribution is -2.07. The number of nitro groups is 1. The number of anilines is 2. The minimum Gasteiger partial charge on any atom is -0.497 e. The highest BCUT2D eigenvalue weighted by Gasteiger charge is 2.22. The fourth-order valence-electron chi connectivity index (χ4n) is 1.93. The topological polar surface area (TPSA) is 89.3 Å². The van der Waals surface area contributed by atoms with Gasteiger partial charge in [-0.05, 0) is 17.7 Å². The zero-order valence-electron chi connectivity index (χ0n) is 12.1. The van der Waals surface area contributed by atoms with Gasteiger partial charge in [0.15, 0.2) is 0 Å². The lowest BCUT2D eigenvalue weighted by molar-refractivity contribution is -0.383. The van der Waals surface area contributed by atoms with Gasteiger partial charge in [-0.2, -0.15) is 0 Å². The summed E-state index contributed by atoms with van der Waals surface area (Å²) < 4.78 is 5.08. The van der Waals surface area contributed by atoms with Gasteiger partial charge >= 0.3 is 5.69 Å². The minimum atomic E-state index is -0.495. The van der Waals surface area contributed by atoms with Crippen molar-refractivity contribution in [3.8, 4) is 5.75 Å². The van der Waals surface area contributed by atoms with Crippen LogP contribution in [0.25, 0.3) is 0 Å². The Kier molecular flexibility index (Phi) is 5.00. The van der Waals surface area contributed by atoms with E-state index in [9.17, 15) is 10.1 Å². The maximum absolute atomic E-state index is 11.2. The molecule has 0 amide bonds. The molecule has 2 rings (SSSR count). The number of nitrogens with zero attached hydrogens (tertiary/aromatic N) is 2. The number of rotatable bonds is 6. The Morgan fingerprint density at radius 1 is 1.36 bits per heavy atom. The average molecular weight is 323 g/mol. The van der Waals surface area contributed by atoms with Crippen molar-refractivity contribution >= 4 is 28.8 Å². The quantitative estimate of drug-likeness (QED) is 0.482. The van der Waals surface area contributed by atoms with E-state index in [0.717, 1.165) is 11.3 Å². The summed E-state index contributed by atoms with van der Waals surface area (Å²) in [6, 6.07) is 8.77. The Morgan fingerprint density at radius 3 is 2.59 bits per heavy atom. The fraction of sp³-hybridized carbons (Fsp3) is 0.214. The molecule has 0 unspecified atom stereocenters. The van der Waals surface area contributed by atoms with Crippen LogP contribution in [0.2, 0.25) is 5.15 Å². The monoisotopic (exact) mass is 322 g/mol. The van der Waals surface area contributed by atoms with Gasteiger partial charge in [-0.25, -0.2) is 4.98 Å². The van der Waals surface area contributed by atoms with Crippen LogP contribution in [0.15, 0.2) is 30.3 Å². The molecule has 7 nitrogen and oxygen atoms in total. The molecule has 0 saturated heterocycles.